The molecular formula is C16H30S. The molecule has 0 aromatic carbocycles. The predicted molar refractivity (Wildman–Crippen MR) is 79.5 cm³/mol. The molecule has 2 aliphatic rings. The van der Waals surface area contributed by atoms with Gasteiger partial charge >= 0.3 is 0 Å². The molecular weight excluding hydrogens is 224 g/mol. The van der Waals surface area contributed by atoms with Crippen molar-refractivity contribution >= 4 is 11.8 Å². The number of hydrogen-bond acceptors (Lipinski definition) is 1. The fraction of sp³-hybridized carbons (Fsp3) is 1.00. The zero-order valence-corrected chi connectivity index (χ0v) is 12.8. The summed E-state index contributed by atoms with van der Waals surface area (Å²) >= 11 is 2.13. The molecule has 0 N–H and O–H groups in total. The molecule has 0 bridgehead atoms. The quantitative estimate of drug-likeness (QED) is 0.614. The summed E-state index contributed by atoms with van der Waals surface area (Å²) in [5, 5.41) is 0.951. The molecule has 4 atom stereocenters. The minimum atomic E-state index is 0.951. The SMILES string of the molecule is CCCC1CC(C)C(SC)CC1CCC1CC1. The lowest BCUT2D eigenvalue weighted by Gasteiger charge is -2.40. The van der Waals surface area contributed by atoms with E-state index in [4.69, 9.17) is 0 Å². The molecule has 0 heterocycles. The van der Waals surface area contributed by atoms with Crippen molar-refractivity contribution in [3.8, 4) is 0 Å². The Kier molecular flexibility index (Phi) is 5.26. The van der Waals surface area contributed by atoms with Gasteiger partial charge in [0.1, 0.15) is 0 Å². The highest BCUT2D eigenvalue weighted by atomic mass is 32.2. The van der Waals surface area contributed by atoms with E-state index in [2.05, 4.69) is 31.9 Å². The molecule has 0 saturated heterocycles. The molecule has 4 unspecified atom stereocenters. The molecule has 2 saturated carbocycles. The fourth-order valence-corrected chi connectivity index (χ4v) is 4.82. The van der Waals surface area contributed by atoms with Crippen molar-refractivity contribution in [3.05, 3.63) is 0 Å². The second kappa shape index (κ2) is 6.50. The number of hydrogen-bond donors (Lipinski definition) is 0. The van der Waals surface area contributed by atoms with E-state index in [1.807, 2.05) is 0 Å². The molecule has 2 aliphatic carbocycles. The van der Waals surface area contributed by atoms with E-state index in [0.717, 1.165) is 28.9 Å². The zero-order valence-electron chi connectivity index (χ0n) is 12.0. The Labute approximate surface area is 112 Å². The summed E-state index contributed by atoms with van der Waals surface area (Å²) in [6.45, 7) is 4.85. The fourth-order valence-electron chi connectivity index (χ4n) is 3.81. The summed E-state index contributed by atoms with van der Waals surface area (Å²) in [6.07, 6.45) is 14.4. The molecule has 0 nitrogen and oxygen atoms in total. The van der Waals surface area contributed by atoms with Crippen LogP contribution in [-0.4, -0.2) is 11.5 Å². The Morgan fingerprint density at radius 1 is 1.00 bits per heavy atom. The summed E-state index contributed by atoms with van der Waals surface area (Å²) < 4.78 is 0. The molecule has 100 valence electrons. The first-order chi connectivity index (χ1) is 8.24. The maximum Gasteiger partial charge on any atom is 0.00727 e. The Bertz CT molecular complexity index is 222. The van der Waals surface area contributed by atoms with Crippen LogP contribution in [0.1, 0.15) is 65.2 Å². The van der Waals surface area contributed by atoms with Crippen molar-refractivity contribution in [1.82, 2.24) is 0 Å². The molecule has 0 spiro atoms. The van der Waals surface area contributed by atoms with E-state index in [1.54, 1.807) is 12.8 Å². The topological polar surface area (TPSA) is 0 Å². The summed E-state index contributed by atoms with van der Waals surface area (Å²) in [5.41, 5.74) is 0. The van der Waals surface area contributed by atoms with E-state index in [-0.39, 0.29) is 0 Å². The molecule has 0 aromatic rings. The van der Waals surface area contributed by atoms with Gasteiger partial charge in [-0.05, 0) is 49.2 Å². The van der Waals surface area contributed by atoms with Gasteiger partial charge in [0.2, 0.25) is 0 Å². The lowest BCUT2D eigenvalue weighted by molar-refractivity contribution is 0.170. The first-order valence-electron chi connectivity index (χ1n) is 7.77. The van der Waals surface area contributed by atoms with E-state index in [0.29, 0.717) is 0 Å². The molecule has 2 fully saturated rings. The monoisotopic (exact) mass is 254 g/mol. The zero-order chi connectivity index (χ0) is 12.3. The highest BCUT2D eigenvalue weighted by Crippen LogP contribution is 2.45. The third-order valence-electron chi connectivity index (χ3n) is 5.12. The maximum absolute atomic E-state index is 2.49. The first kappa shape index (κ1) is 13.8. The van der Waals surface area contributed by atoms with Crippen LogP contribution in [0.15, 0.2) is 0 Å². The van der Waals surface area contributed by atoms with Crippen molar-refractivity contribution < 1.29 is 0 Å². The van der Waals surface area contributed by atoms with E-state index in [1.165, 1.54) is 38.5 Å². The summed E-state index contributed by atoms with van der Waals surface area (Å²) in [4.78, 5) is 0. The lowest BCUT2D eigenvalue weighted by Crippen LogP contribution is -2.32. The predicted octanol–water partition coefficient (Wildman–Crippen LogP) is 5.37. The molecule has 0 radical (unpaired) electrons. The van der Waals surface area contributed by atoms with Crippen LogP contribution in [0.2, 0.25) is 0 Å². The van der Waals surface area contributed by atoms with Gasteiger partial charge in [0.05, 0.1) is 0 Å². The van der Waals surface area contributed by atoms with Gasteiger partial charge in [-0.15, -0.1) is 0 Å². The number of thioether (sulfide) groups is 1. The lowest BCUT2D eigenvalue weighted by atomic mass is 9.70. The van der Waals surface area contributed by atoms with Gasteiger partial charge in [0.15, 0.2) is 0 Å². The van der Waals surface area contributed by atoms with Crippen molar-refractivity contribution in [2.45, 2.75) is 70.5 Å². The minimum absolute atomic E-state index is 0.951. The molecule has 1 heteroatoms. The smallest absolute Gasteiger partial charge is 0.00727 e. The minimum Gasteiger partial charge on any atom is -0.162 e. The van der Waals surface area contributed by atoms with Gasteiger partial charge in [-0.1, -0.05) is 46.0 Å². The summed E-state index contributed by atoms with van der Waals surface area (Å²) in [5.74, 6) is 4.20. The maximum atomic E-state index is 2.49. The van der Waals surface area contributed by atoms with Crippen molar-refractivity contribution in [1.29, 1.82) is 0 Å². The first-order valence-corrected chi connectivity index (χ1v) is 9.06. The molecule has 0 amide bonds. The van der Waals surface area contributed by atoms with Crippen LogP contribution in [0.5, 0.6) is 0 Å². The van der Waals surface area contributed by atoms with Gasteiger partial charge in [-0.25, -0.2) is 0 Å². The van der Waals surface area contributed by atoms with E-state index in [9.17, 15) is 0 Å². The van der Waals surface area contributed by atoms with Crippen LogP contribution in [0.4, 0.5) is 0 Å². The van der Waals surface area contributed by atoms with Gasteiger partial charge in [-0.2, -0.15) is 11.8 Å². The second-order valence-electron chi connectivity index (χ2n) is 6.55. The third kappa shape index (κ3) is 3.91. The van der Waals surface area contributed by atoms with Crippen LogP contribution in [0.25, 0.3) is 0 Å². The normalized spacial score (nSPS) is 38.3. The molecule has 17 heavy (non-hydrogen) atoms. The summed E-state index contributed by atoms with van der Waals surface area (Å²) in [6, 6.07) is 0. The van der Waals surface area contributed by atoms with Crippen molar-refractivity contribution in [2.24, 2.45) is 23.7 Å². The van der Waals surface area contributed by atoms with Gasteiger partial charge in [0.25, 0.3) is 0 Å². The number of rotatable bonds is 6. The van der Waals surface area contributed by atoms with Gasteiger partial charge < -0.3 is 0 Å². The average molecular weight is 254 g/mol. The molecule has 2 rings (SSSR count). The second-order valence-corrected chi connectivity index (χ2v) is 7.63. The van der Waals surface area contributed by atoms with E-state index < -0.39 is 0 Å². The van der Waals surface area contributed by atoms with Gasteiger partial charge in [-0.3, -0.25) is 0 Å². The molecule has 0 aromatic heterocycles. The highest BCUT2D eigenvalue weighted by molar-refractivity contribution is 7.99. The Morgan fingerprint density at radius 2 is 1.71 bits per heavy atom. The third-order valence-corrected chi connectivity index (χ3v) is 6.38. The van der Waals surface area contributed by atoms with Crippen molar-refractivity contribution in [3.63, 3.8) is 0 Å². The van der Waals surface area contributed by atoms with Crippen LogP contribution in [-0.2, 0) is 0 Å². The van der Waals surface area contributed by atoms with Crippen LogP contribution in [0, 0.1) is 23.7 Å². The van der Waals surface area contributed by atoms with Crippen LogP contribution < -0.4 is 0 Å². The largest absolute Gasteiger partial charge is 0.162 e. The average Bonchev–Trinajstić information content (AvgIpc) is 3.12. The highest BCUT2D eigenvalue weighted by Gasteiger charge is 2.34. The van der Waals surface area contributed by atoms with Gasteiger partial charge in [0, 0.05) is 5.25 Å². The Hall–Kier alpha value is 0.350. The Balaban J connectivity index is 1.86. The van der Waals surface area contributed by atoms with Crippen LogP contribution >= 0.6 is 11.8 Å². The van der Waals surface area contributed by atoms with E-state index >= 15 is 0 Å². The summed E-state index contributed by atoms with van der Waals surface area (Å²) in [7, 11) is 0. The molecule has 0 aliphatic heterocycles. The standard InChI is InChI=1S/C16H30S/c1-4-5-14-10-12(2)16(17-3)11-15(14)9-8-13-6-7-13/h12-16H,4-11H2,1-3H3. The van der Waals surface area contributed by atoms with Crippen molar-refractivity contribution in [2.75, 3.05) is 6.26 Å². The van der Waals surface area contributed by atoms with Crippen LogP contribution in [0.3, 0.4) is 0 Å². The Morgan fingerprint density at radius 3 is 2.29 bits per heavy atom.